The molecule has 0 unspecified atom stereocenters. The third-order valence-electron chi connectivity index (χ3n) is 5.10. The molecule has 1 saturated carbocycles. The second-order valence-corrected chi connectivity index (χ2v) is 7.51. The first-order valence-corrected chi connectivity index (χ1v) is 9.80. The molecule has 0 saturated heterocycles. The standard InChI is InChI=1S/C22H21N5O2/c28-22(24-17-4-5-17)13-29-19-6-2-15(3-7-19)21-11-18(25-27-21)10-14-1-8-20-16(9-14)12-23-26-20/h1-3,6-9,12,17H,4-5,10-11,13H2,(H,23,26)(H,24,28). The molecule has 29 heavy (non-hydrogen) atoms. The summed E-state index contributed by atoms with van der Waals surface area (Å²) in [4.78, 5) is 11.7. The number of ether oxygens (including phenoxy) is 1. The molecule has 5 rings (SSSR count). The molecule has 1 aliphatic heterocycles. The Labute approximate surface area is 167 Å². The number of amides is 1. The minimum atomic E-state index is -0.0663. The van der Waals surface area contributed by atoms with Crippen molar-refractivity contribution in [2.75, 3.05) is 6.61 Å². The first kappa shape index (κ1) is 17.6. The zero-order valence-corrected chi connectivity index (χ0v) is 15.9. The summed E-state index contributed by atoms with van der Waals surface area (Å²) in [5.41, 5.74) is 5.24. The molecule has 7 heteroatoms. The molecule has 2 heterocycles. The fraction of sp³-hybridized carbons (Fsp3) is 0.273. The van der Waals surface area contributed by atoms with Crippen molar-refractivity contribution in [3.63, 3.8) is 0 Å². The SMILES string of the molecule is O=C(COc1ccc(C2=NN=C(Cc3ccc4[nH]ncc4c3)C2)cc1)NC1CC1. The highest BCUT2D eigenvalue weighted by Gasteiger charge is 2.23. The zero-order valence-electron chi connectivity index (χ0n) is 15.9. The number of aromatic nitrogens is 2. The molecule has 1 aromatic heterocycles. The largest absolute Gasteiger partial charge is 0.484 e. The Bertz CT molecular complexity index is 1110. The van der Waals surface area contributed by atoms with Crippen LogP contribution in [-0.4, -0.2) is 40.2 Å². The lowest BCUT2D eigenvalue weighted by atomic mass is 10.0. The average Bonchev–Trinajstić information content (AvgIpc) is 3.23. The van der Waals surface area contributed by atoms with Crippen molar-refractivity contribution in [1.82, 2.24) is 15.5 Å². The topological polar surface area (TPSA) is 91.7 Å². The molecule has 0 atom stereocenters. The zero-order chi connectivity index (χ0) is 19.6. The van der Waals surface area contributed by atoms with Crippen molar-refractivity contribution >= 4 is 28.2 Å². The normalized spacial score (nSPS) is 15.9. The summed E-state index contributed by atoms with van der Waals surface area (Å²) in [6.07, 6.45) is 5.48. The van der Waals surface area contributed by atoms with Crippen LogP contribution in [0.3, 0.4) is 0 Å². The van der Waals surface area contributed by atoms with Gasteiger partial charge in [-0.25, -0.2) is 0 Å². The number of H-pyrrole nitrogens is 1. The Morgan fingerprint density at radius 2 is 2.00 bits per heavy atom. The second kappa shape index (κ2) is 7.50. The van der Waals surface area contributed by atoms with Crippen LogP contribution in [0.5, 0.6) is 5.75 Å². The third kappa shape index (κ3) is 4.18. The van der Waals surface area contributed by atoms with Crippen molar-refractivity contribution in [3.8, 4) is 5.75 Å². The second-order valence-electron chi connectivity index (χ2n) is 7.51. The van der Waals surface area contributed by atoms with E-state index in [1.54, 1.807) is 0 Å². The van der Waals surface area contributed by atoms with Gasteiger partial charge in [0.25, 0.3) is 5.91 Å². The van der Waals surface area contributed by atoms with Gasteiger partial charge >= 0.3 is 0 Å². The summed E-state index contributed by atoms with van der Waals surface area (Å²) in [6, 6.07) is 14.3. The molecule has 7 nitrogen and oxygen atoms in total. The van der Waals surface area contributed by atoms with Gasteiger partial charge in [-0.1, -0.05) is 6.07 Å². The van der Waals surface area contributed by atoms with Gasteiger partial charge in [0.05, 0.1) is 23.1 Å². The maximum atomic E-state index is 11.7. The van der Waals surface area contributed by atoms with E-state index in [4.69, 9.17) is 4.74 Å². The van der Waals surface area contributed by atoms with Crippen LogP contribution in [0.2, 0.25) is 0 Å². The number of carbonyl (C=O) groups is 1. The molecule has 1 aliphatic carbocycles. The molecule has 0 spiro atoms. The van der Waals surface area contributed by atoms with Gasteiger partial charge in [0.1, 0.15) is 5.75 Å². The summed E-state index contributed by atoms with van der Waals surface area (Å²) >= 11 is 0. The number of nitrogens with zero attached hydrogens (tertiary/aromatic N) is 3. The first-order chi connectivity index (χ1) is 14.2. The van der Waals surface area contributed by atoms with Crippen molar-refractivity contribution < 1.29 is 9.53 Å². The van der Waals surface area contributed by atoms with E-state index < -0.39 is 0 Å². The minimum Gasteiger partial charge on any atom is -0.484 e. The maximum Gasteiger partial charge on any atom is 0.258 e. The van der Waals surface area contributed by atoms with E-state index in [0.29, 0.717) is 11.8 Å². The van der Waals surface area contributed by atoms with Crippen LogP contribution in [0.1, 0.15) is 30.4 Å². The quantitative estimate of drug-likeness (QED) is 0.653. The number of hydrogen-bond donors (Lipinski definition) is 2. The average molecular weight is 387 g/mol. The maximum absolute atomic E-state index is 11.7. The van der Waals surface area contributed by atoms with Crippen LogP contribution in [-0.2, 0) is 11.2 Å². The van der Waals surface area contributed by atoms with E-state index in [9.17, 15) is 4.79 Å². The number of rotatable bonds is 7. The molecular formula is C22H21N5O2. The number of aromatic amines is 1. The Kier molecular flexibility index (Phi) is 4.56. The molecular weight excluding hydrogens is 366 g/mol. The van der Waals surface area contributed by atoms with Crippen LogP contribution in [0, 0.1) is 0 Å². The van der Waals surface area contributed by atoms with Crippen molar-refractivity contribution in [1.29, 1.82) is 0 Å². The van der Waals surface area contributed by atoms with Crippen molar-refractivity contribution in [2.24, 2.45) is 10.2 Å². The fourth-order valence-corrected chi connectivity index (χ4v) is 3.38. The van der Waals surface area contributed by atoms with Crippen molar-refractivity contribution in [3.05, 3.63) is 59.8 Å². The van der Waals surface area contributed by atoms with Crippen LogP contribution >= 0.6 is 0 Å². The Hall–Kier alpha value is -3.48. The Morgan fingerprint density at radius 3 is 2.83 bits per heavy atom. The molecule has 0 bridgehead atoms. The lowest BCUT2D eigenvalue weighted by molar-refractivity contribution is -0.123. The fourth-order valence-electron chi connectivity index (χ4n) is 3.38. The molecule has 2 aliphatic rings. The van der Waals surface area contributed by atoms with Gasteiger partial charge in [0, 0.05) is 24.3 Å². The predicted molar refractivity (Wildman–Crippen MR) is 111 cm³/mol. The Morgan fingerprint density at radius 1 is 1.14 bits per heavy atom. The summed E-state index contributed by atoms with van der Waals surface area (Å²) in [5.74, 6) is 0.608. The third-order valence-corrected chi connectivity index (χ3v) is 5.10. The number of benzene rings is 2. The number of fused-ring (bicyclic) bond motifs is 1. The van der Waals surface area contributed by atoms with E-state index in [-0.39, 0.29) is 12.5 Å². The molecule has 2 N–H and O–H groups in total. The van der Waals surface area contributed by atoms with Crippen LogP contribution in [0.15, 0.2) is 58.9 Å². The van der Waals surface area contributed by atoms with Crippen molar-refractivity contribution in [2.45, 2.75) is 31.7 Å². The van der Waals surface area contributed by atoms with E-state index in [1.807, 2.05) is 36.5 Å². The van der Waals surface area contributed by atoms with Crippen LogP contribution in [0.25, 0.3) is 10.9 Å². The summed E-state index contributed by atoms with van der Waals surface area (Å²) < 4.78 is 5.55. The van der Waals surface area contributed by atoms with Gasteiger partial charge in [0.2, 0.25) is 0 Å². The molecule has 0 radical (unpaired) electrons. The van der Waals surface area contributed by atoms with Gasteiger partial charge in [-0.2, -0.15) is 15.3 Å². The number of hydrogen-bond acceptors (Lipinski definition) is 5. The van der Waals surface area contributed by atoms with E-state index in [2.05, 4.69) is 37.8 Å². The number of carbonyl (C=O) groups excluding carboxylic acids is 1. The highest BCUT2D eigenvalue weighted by molar-refractivity contribution is 6.15. The molecule has 1 fully saturated rings. The minimum absolute atomic E-state index is 0.0467. The van der Waals surface area contributed by atoms with Gasteiger partial charge < -0.3 is 10.1 Å². The summed E-state index contributed by atoms with van der Waals surface area (Å²) in [6.45, 7) is 0.0467. The van der Waals surface area contributed by atoms with Gasteiger partial charge in [0.15, 0.2) is 6.61 Å². The predicted octanol–water partition coefficient (Wildman–Crippen LogP) is 3.01. The lowest BCUT2D eigenvalue weighted by Crippen LogP contribution is -2.30. The Balaban J connectivity index is 1.15. The van der Waals surface area contributed by atoms with E-state index in [0.717, 1.165) is 53.6 Å². The molecule has 2 aromatic carbocycles. The lowest BCUT2D eigenvalue weighted by Gasteiger charge is -2.08. The first-order valence-electron chi connectivity index (χ1n) is 9.80. The van der Waals surface area contributed by atoms with Crippen LogP contribution < -0.4 is 10.1 Å². The smallest absolute Gasteiger partial charge is 0.258 e. The number of nitrogens with one attached hydrogen (secondary N) is 2. The van der Waals surface area contributed by atoms with Crippen LogP contribution in [0.4, 0.5) is 0 Å². The molecule has 146 valence electrons. The highest BCUT2D eigenvalue weighted by Crippen LogP contribution is 2.20. The van der Waals surface area contributed by atoms with Gasteiger partial charge in [-0.3, -0.25) is 9.89 Å². The molecule has 3 aromatic rings. The van der Waals surface area contributed by atoms with E-state index >= 15 is 0 Å². The summed E-state index contributed by atoms with van der Waals surface area (Å²) in [5, 5.41) is 19.8. The molecule has 1 amide bonds. The van der Waals surface area contributed by atoms with E-state index in [1.165, 1.54) is 5.56 Å². The van der Waals surface area contributed by atoms with Gasteiger partial charge in [-0.15, -0.1) is 0 Å². The monoisotopic (exact) mass is 387 g/mol. The highest BCUT2D eigenvalue weighted by atomic mass is 16.5. The summed E-state index contributed by atoms with van der Waals surface area (Å²) in [7, 11) is 0. The van der Waals surface area contributed by atoms with Gasteiger partial charge in [-0.05, 0) is 60.4 Å².